The molecule has 2 aliphatic rings. The maximum atomic E-state index is 6.13. The lowest BCUT2D eigenvalue weighted by molar-refractivity contribution is 0.714. The number of nitrogens with one attached hydrogen (secondary N) is 1. The third-order valence-electron chi connectivity index (χ3n) is 5.27. The first-order valence-electron chi connectivity index (χ1n) is 9.58. The fraction of sp³-hybridized carbons (Fsp3) is 0.273. The Morgan fingerprint density at radius 1 is 1.04 bits per heavy atom. The fourth-order valence-electron chi connectivity index (χ4n) is 3.64. The average Bonchev–Trinajstić information content (AvgIpc) is 3.52. The van der Waals surface area contributed by atoms with E-state index in [1.807, 2.05) is 24.3 Å². The minimum Gasteiger partial charge on any atom is -0.352 e. The molecule has 0 radical (unpaired) electrons. The normalized spacial score (nSPS) is 16.0. The summed E-state index contributed by atoms with van der Waals surface area (Å²) in [6.07, 6.45) is 3.38. The Labute approximate surface area is 178 Å². The molecule has 1 aromatic heterocycles. The second kappa shape index (κ2) is 7.37. The van der Waals surface area contributed by atoms with Gasteiger partial charge in [0.15, 0.2) is 0 Å². The lowest BCUT2D eigenvalue weighted by atomic mass is 10.00. The van der Waals surface area contributed by atoms with Gasteiger partial charge in [-0.3, -0.25) is 0 Å². The van der Waals surface area contributed by atoms with Crippen LogP contribution in [0.1, 0.15) is 35.7 Å². The van der Waals surface area contributed by atoms with Gasteiger partial charge in [0, 0.05) is 40.3 Å². The highest BCUT2D eigenvalue weighted by molar-refractivity contribution is 9.10. The zero-order chi connectivity index (χ0) is 19.1. The molecular weight excluding hydrogens is 436 g/mol. The van der Waals surface area contributed by atoms with Crippen LogP contribution in [0.15, 0.2) is 53.0 Å². The minimum absolute atomic E-state index is 0.492. The van der Waals surface area contributed by atoms with Crippen molar-refractivity contribution in [3.63, 3.8) is 0 Å². The third kappa shape index (κ3) is 3.87. The van der Waals surface area contributed by atoms with E-state index in [1.165, 1.54) is 24.0 Å². The first-order chi connectivity index (χ1) is 13.6. The van der Waals surface area contributed by atoms with Crippen molar-refractivity contribution in [2.24, 2.45) is 0 Å². The molecule has 3 aromatic rings. The Bertz CT molecular complexity index is 1030. The van der Waals surface area contributed by atoms with Crippen LogP contribution >= 0.6 is 27.5 Å². The van der Waals surface area contributed by atoms with E-state index in [9.17, 15) is 0 Å². The molecule has 0 bridgehead atoms. The van der Waals surface area contributed by atoms with Gasteiger partial charge in [-0.15, -0.1) is 0 Å². The van der Waals surface area contributed by atoms with Gasteiger partial charge < -0.3 is 10.2 Å². The molecule has 1 N–H and O–H groups in total. The van der Waals surface area contributed by atoms with E-state index in [2.05, 4.69) is 50.4 Å². The fourth-order valence-corrected chi connectivity index (χ4v) is 4.24. The molecule has 0 saturated heterocycles. The van der Waals surface area contributed by atoms with E-state index in [1.54, 1.807) is 0 Å². The molecular formula is C22H20BrClN4. The van der Waals surface area contributed by atoms with Crippen molar-refractivity contribution < 1.29 is 0 Å². The zero-order valence-electron chi connectivity index (χ0n) is 15.3. The van der Waals surface area contributed by atoms with Gasteiger partial charge in [-0.1, -0.05) is 39.7 Å². The number of nitrogens with zero attached hydrogens (tertiary/aromatic N) is 3. The van der Waals surface area contributed by atoms with Crippen LogP contribution in [0, 0.1) is 0 Å². The first kappa shape index (κ1) is 18.0. The van der Waals surface area contributed by atoms with Crippen LogP contribution in [0.25, 0.3) is 0 Å². The largest absolute Gasteiger partial charge is 0.352 e. The van der Waals surface area contributed by atoms with Crippen LogP contribution in [0.4, 0.5) is 17.3 Å². The average molecular weight is 456 g/mol. The van der Waals surface area contributed by atoms with Crippen LogP contribution in [0.3, 0.4) is 0 Å². The van der Waals surface area contributed by atoms with E-state index in [-0.39, 0.29) is 0 Å². The van der Waals surface area contributed by atoms with E-state index in [0.717, 1.165) is 47.1 Å². The molecule has 0 amide bonds. The number of rotatable bonds is 4. The molecule has 6 heteroatoms. The third-order valence-corrected chi connectivity index (χ3v) is 6.00. The smallest absolute Gasteiger partial charge is 0.136 e. The molecule has 28 heavy (non-hydrogen) atoms. The Kier molecular flexibility index (Phi) is 4.73. The van der Waals surface area contributed by atoms with Crippen LogP contribution in [0.2, 0.25) is 5.02 Å². The van der Waals surface area contributed by atoms with E-state index < -0.39 is 0 Å². The van der Waals surface area contributed by atoms with Crippen LogP contribution in [-0.2, 0) is 13.0 Å². The molecule has 4 nitrogen and oxygen atoms in total. The molecule has 0 atom stereocenters. The van der Waals surface area contributed by atoms with E-state index in [0.29, 0.717) is 10.9 Å². The highest BCUT2D eigenvalue weighted by Gasteiger charge is 2.28. The molecule has 2 heterocycles. The van der Waals surface area contributed by atoms with Crippen LogP contribution in [0.5, 0.6) is 0 Å². The molecule has 5 rings (SSSR count). The quantitative estimate of drug-likeness (QED) is 0.518. The van der Waals surface area contributed by atoms with Gasteiger partial charge in [-0.05, 0) is 60.7 Å². The van der Waals surface area contributed by atoms with Gasteiger partial charge in [0.1, 0.15) is 17.5 Å². The minimum atomic E-state index is 0.492. The number of aromatic nitrogens is 2. The van der Waals surface area contributed by atoms with E-state index in [4.69, 9.17) is 21.6 Å². The van der Waals surface area contributed by atoms with Crippen molar-refractivity contribution in [3.05, 3.63) is 75.0 Å². The van der Waals surface area contributed by atoms with Gasteiger partial charge in [0.2, 0.25) is 0 Å². The van der Waals surface area contributed by atoms with Crippen molar-refractivity contribution in [2.75, 3.05) is 16.8 Å². The van der Waals surface area contributed by atoms with E-state index >= 15 is 0 Å². The molecule has 2 aromatic carbocycles. The lowest BCUT2D eigenvalue weighted by Crippen LogP contribution is -2.31. The molecule has 1 fully saturated rings. The Hall–Kier alpha value is -2.11. The van der Waals surface area contributed by atoms with Crippen molar-refractivity contribution >= 4 is 44.9 Å². The topological polar surface area (TPSA) is 41.0 Å². The Morgan fingerprint density at radius 3 is 2.75 bits per heavy atom. The Morgan fingerprint density at radius 2 is 1.93 bits per heavy atom. The second-order valence-corrected chi connectivity index (χ2v) is 8.82. The SMILES string of the molecule is Clc1cccc(Nc2cc(N3CCc4ccc(Br)cc4C3)nc(C3CC3)n2)c1. The predicted octanol–water partition coefficient (Wildman–Crippen LogP) is 6.08. The van der Waals surface area contributed by atoms with Gasteiger partial charge in [-0.2, -0.15) is 0 Å². The number of fused-ring (bicyclic) bond motifs is 1. The zero-order valence-corrected chi connectivity index (χ0v) is 17.7. The number of halogens is 2. The summed E-state index contributed by atoms with van der Waals surface area (Å²) in [6, 6.07) is 16.3. The molecule has 1 aliphatic heterocycles. The lowest BCUT2D eigenvalue weighted by Gasteiger charge is -2.30. The Balaban J connectivity index is 1.46. The van der Waals surface area contributed by atoms with Crippen molar-refractivity contribution in [1.29, 1.82) is 0 Å². The number of anilines is 3. The van der Waals surface area contributed by atoms with Crippen molar-refractivity contribution in [3.8, 4) is 0 Å². The summed E-state index contributed by atoms with van der Waals surface area (Å²) in [5.41, 5.74) is 3.72. The highest BCUT2D eigenvalue weighted by atomic mass is 79.9. The number of hydrogen-bond acceptors (Lipinski definition) is 4. The molecule has 0 spiro atoms. The molecule has 1 aliphatic carbocycles. The monoisotopic (exact) mass is 454 g/mol. The summed E-state index contributed by atoms with van der Waals surface area (Å²) in [5, 5.41) is 4.11. The van der Waals surface area contributed by atoms with Crippen LogP contribution in [-0.4, -0.2) is 16.5 Å². The van der Waals surface area contributed by atoms with Gasteiger partial charge in [-0.25, -0.2) is 9.97 Å². The molecule has 142 valence electrons. The maximum absolute atomic E-state index is 6.13. The summed E-state index contributed by atoms with van der Waals surface area (Å²) >= 11 is 9.73. The summed E-state index contributed by atoms with van der Waals surface area (Å²) in [5.74, 6) is 3.26. The summed E-state index contributed by atoms with van der Waals surface area (Å²) in [7, 11) is 0. The van der Waals surface area contributed by atoms with Crippen LogP contribution < -0.4 is 10.2 Å². The maximum Gasteiger partial charge on any atom is 0.136 e. The summed E-state index contributed by atoms with van der Waals surface area (Å²) in [4.78, 5) is 12.0. The van der Waals surface area contributed by atoms with Crippen molar-refractivity contribution in [2.45, 2.75) is 31.7 Å². The second-order valence-electron chi connectivity index (χ2n) is 7.46. The first-order valence-corrected chi connectivity index (χ1v) is 10.7. The summed E-state index contributed by atoms with van der Waals surface area (Å²) in [6.45, 7) is 1.83. The van der Waals surface area contributed by atoms with Gasteiger partial charge in [0.25, 0.3) is 0 Å². The molecule has 1 saturated carbocycles. The van der Waals surface area contributed by atoms with Gasteiger partial charge >= 0.3 is 0 Å². The van der Waals surface area contributed by atoms with Crippen molar-refractivity contribution in [1.82, 2.24) is 9.97 Å². The number of benzene rings is 2. The van der Waals surface area contributed by atoms with Gasteiger partial charge in [0.05, 0.1) is 0 Å². The summed E-state index contributed by atoms with van der Waals surface area (Å²) < 4.78 is 1.12. The highest BCUT2D eigenvalue weighted by Crippen LogP contribution is 2.39. The standard InChI is InChI=1S/C22H20BrClN4/c23-17-7-6-14-8-9-28(13-16(14)10-17)21-12-20(26-22(27-21)15-4-5-15)25-19-3-1-2-18(24)11-19/h1-3,6-7,10-12,15H,4-5,8-9,13H2,(H,25,26,27). The predicted molar refractivity (Wildman–Crippen MR) is 118 cm³/mol. The molecule has 0 unspecified atom stereocenters. The number of hydrogen-bond donors (Lipinski definition) is 1.